The molecule has 0 fully saturated rings. The highest BCUT2D eigenvalue weighted by Gasteiger charge is 2.17. The molecule has 0 spiro atoms. The predicted molar refractivity (Wildman–Crippen MR) is 81.2 cm³/mol. The minimum absolute atomic E-state index is 0.137. The van der Waals surface area contributed by atoms with Gasteiger partial charge in [0, 0.05) is 5.02 Å². The van der Waals surface area contributed by atoms with E-state index in [1.807, 2.05) is 45.9 Å². The van der Waals surface area contributed by atoms with Crippen LogP contribution >= 0.6 is 11.6 Å². The van der Waals surface area contributed by atoms with Gasteiger partial charge in [0.1, 0.15) is 11.6 Å². The largest absolute Gasteiger partial charge is 0.345 e. The summed E-state index contributed by atoms with van der Waals surface area (Å²) in [4.78, 5) is 12.1. The van der Waals surface area contributed by atoms with Crippen molar-refractivity contribution in [2.45, 2.75) is 33.7 Å². The van der Waals surface area contributed by atoms with E-state index in [0.29, 0.717) is 5.02 Å². The van der Waals surface area contributed by atoms with Crippen LogP contribution in [0.1, 0.15) is 39.3 Å². The zero-order valence-electron chi connectivity index (χ0n) is 12.2. The number of nitrogens with one attached hydrogen (secondary N) is 1. The minimum Gasteiger partial charge on any atom is -0.345 e. The highest BCUT2D eigenvalue weighted by Crippen LogP contribution is 2.19. The zero-order chi connectivity index (χ0) is 15.3. The van der Waals surface area contributed by atoms with Crippen molar-refractivity contribution >= 4 is 17.5 Å². The molecule has 0 aliphatic carbocycles. The predicted octanol–water partition coefficient (Wildman–Crippen LogP) is 4.01. The van der Waals surface area contributed by atoms with Crippen LogP contribution in [0.3, 0.4) is 0 Å². The smallest absolute Gasteiger partial charge is 0.262 e. The fourth-order valence-electron chi connectivity index (χ4n) is 1.69. The van der Waals surface area contributed by atoms with Crippen LogP contribution < -0.4 is 5.32 Å². The standard InChI is InChI=1S/C16H19ClN2O/c1-11(12-5-7-14(17)8-6-12)19-15(20)13(10-18)9-16(2,3)4/h5-9,11H,1-4H3,(H,19,20). The molecule has 0 heterocycles. The lowest BCUT2D eigenvalue weighted by molar-refractivity contribution is -0.117. The third-order valence-corrected chi connectivity index (χ3v) is 2.91. The number of hydrogen-bond acceptors (Lipinski definition) is 2. The summed E-state index contributed by atoms with van der Waals surface area (Å²) in [6.45, 7) is 7.70. The van der Waals surface area contributed by atoms with Crippen molar-refractivity contribution in [1.29, 1.82) is 5.26 Å². The molecule has 1 amide bonds. The van der Waals surface area contributed by atoms with E-state index in [4.69, 9.17) is 16.9 Å². The fraction of sp³-hybridized carbons (Fsp3) is 0.375. The highest BCUT2D eigenvalue weighted by molar-refractivity contribution is 6.30. The minimum atomic E-state index is -0.357. The Morgan fingerprint density at radius 1 is 1.35 bits per heavy atom. The molecule has 4 heteroatoms. The first-order chi connectivity index (χ1) is 9.23. The summed E-state index contributed by atoms with van der Waals surface area (Å²) >= 11 is 5.83. The Morgan fingerprint density at radius 2 is 1.90 bits per heavy atom. The van der Waals surface area contributed by atoms with Crippen LogP contribution in [-0.2, 0) is 4.79 Å². The van der Waals surface area contributed by atoms with Crippen LogP contribution in [0.4, 0.5) is 0 Å². The second kappa shape index (κ2) is 6.58. The molecular formula is C16H19ClN2O. The van der Waals surface area contributed by atoms with Crippen LogP contribution in [0.5, 0.6) is 0 Å². The van der Waals surface area contributed by atoms with Gasteiger partial charge < -0.3 is 5.32 Å². The van der Waals surface area contributed by atoms with Crippen LogP contribution in [0.15, 0.2) is 35.9 Å². The quantitative estimate of drug-likeness (QED) is 0.675. The number of hydrogen-bond donors (Lipinski definition) is 1. The summed E-state index contributed by atoms with van der Waals surface area (Å²) in [5, 5.41) is 12.6. The summed E-state index contributed by atoms with van der Waals surface area (Å²) in [7, 11) is 0. The summed E-state index contributed by atoms with van der Waals surface area (Å²) in [5.41, 5.74) is 0.862. The van der Waals surface area contributed by atoms with Crippen molar-refractivity contribution in [2.24, 2.45) is 5.41 Å². The van der Waals surface area contributed by atoms with E-state index in [9.17, 15) is 4.79 Å². The van der Waals surface area contributed by atoms with E-state index in [2.05, 4.69) is 5.32 Å². The second-order valence-electron chi connectivity index (χ2n) is 5.78. The van der Waals surface area contributed by atoms with Crippen LogP contribution in [0, 0.1) is 16.7 Å². The SMILES string of the molecule is CC(NC(=O)C(C#N)=CC(C)(C)C)c1ccc(Cl)cc1. The first kappa shape index (κ1) is 16.3. The van der Waals surface area contributed by atoms with Crippen molar-refractivity contribution in [3.05, 3.63) is 46.5 Å². The second-order valence-corrected chi connectivity index (χ2v) is 6.22. The lowest BCUT2D eigenvalue weighted by Gasteiger charge is -2.16. The van der Waals surface area contributed by atoms with Gasteiger partial charge in [-0.1, -0.05) is 50.6 Å². The van der Waals surface area contributed by atoms with Crippen LogP contribution in [0.2, 0.25) is 5.02 Å². The van der Waals surface area contributed by atoms with Gasteiger partial charge in [0.15, 0.2) is 0 Å². The Bertz CT molecular complexity index is 547. The lowest BCUT2D eigenvalue weighted by atomic mass is 9.93. The van der Waals surface area contributed by atoms with Gasteiger partial charge in [-0.15, -0.1) is 0 Å². The molecule has 20 heavy (non-hydrogen) atoms. The molecular weight excluding hydrogens is 272 g/mol. The van der Waals surface area contributed by atoms with Gasteiger partial charge in [-0.3, -0.25) is 4.79 Å². The van der Waals surface area contributed by atoms with Crippen molar-refractivity contribution in [3.8, 4) is 6.07 Å². The van der Waals surface area contributed by atoms with Gasteiger partial charge in [-0.05, 0) is 30.0 Å². The fourth-order valence-corrected chi connectivity index (χ4v) is 1.82. The number of rotatable bonds is 3. The van der Waals surface area contributed by atoms with Gasteiger partial charge >= 0.3 is 0 Å². The molecule has 3 nitrogen and oxygen atoms in total. The Balaban J connectivity index is 2.82. The van der Waals surface area contributed by atoms with Gasteiger partial charge in [0.25, 0.3) is 5.91 Å². The number of halogens is 1. The molecule has 0 aliphatic rings. The third kappa shape index (κ3) is 5.07. The Morgan fingerprint density at radius 3 is 2.35 bits per heavy atom. The number of nitrogens with zero attached hydrogens (tertiary/aromatic N) is 1. The average Bonchev–Trinajstić information content (AvgIpc) is 2.35. The van der Waals surface area contributed by atoms with Gasteiger partial charge in [-0.25, -0.2) is 0 Å². The molecule has 0 radical (unpaired) electrons. The van der Waals surface area contributed by atoms with E-state index in [1.54, 1.807) is 18.2 Å². The Labute approximate surface area is 125 Å². The van der Waals surface area contributed by atoms with E-state index >= 15 is 0 Å². The molecule has 1 atom stereocenters. The number of carbonyl (C=O) groups is 1. The molecule has 0 saturated heterocycles. The highest BCUT2D eigenvalue weighted by atomic mass is 35.5. The van der Waals surface area contributed by atoms with Crippen molar-refractivity contribution in [2.75, 3.05) is 0 Å². The molecule has 0 bridgehead atoms. The van der Waals surface area contributed by atoms with Gasteiger partial charge in [-0.2, -0.15) is 5.26 Å². The summed E-state index contributed by atoms with van der Waals surface area (Å²) in [5.74, 6) is -0.357. The maximum atomic E-state index is 12.1. The molecule has 1 aromatic carbocycles. The zero-order valence-corrected chi connectivity index (χ0v) is 13.0. The van der Waals surface area contributed by atoms with E-state index in [0.717, 1.165) is 5.56 Å². The molecule has 0 aliphatic heterocycles. The van der Waals surface area contributed by atoms with Crippen molar-refractivity contribution < 1.29 is 4.79 Å². The maximum Gasteiger partial charge on any atom is 0.262 e. The van der Waals surface area contributed by atoms with E-state index in [1.165, 1.54) is 0 Å². The van der Waals surface area contributed by atoms with Crippen LogP contribution in [-0.4, -0.2) is 5.91 Å². The molecule has 1 aromatic rings. The van der Waals surface area contributed by atoms with Crippen molar-refractivity contribution in [1.82, 2.24) is 5.32 Å². The Hall–Kier alpha value is -1.79. The molecule has 1 rings (SSSR count). The monoisotopic (exact) mass is 290 g/mol. The van der Waals surface area contributed by atoms with E-state index in [-0.39, 0.29) is 22.9 Å². The van der Waals surface area contributed by atoms with Gasteiger partial charge in [0.2, 0.25) is 0 Å². The lowest BCUT2D eigenvalue weighted by Crippen LogP contribution is -2.28. The van der Waals surface area contributed by atoms with Crippen molar-refractivity contribution in [3.63, 3.8) is 0 Å². The van der Waals surface area contributed by atoms with E-state index < -0.39 is 0 Å². The molecule has 0 saturated carbocycles. The summed E-state index contributed by atoms with van der Waals surface area (Å²) in [6, 6.07) is 9.02. The first-order valence-electron chi connectivity index (χ1n) is 6.42. The third-order valence-electron chi connectivity index (χ3n) is 2.66. The first-order valence-corrected chi connectivity index (χ1v) is 6.80. The van der Waals surface area contributed by atoms with Crippen LogP contribution in [0.25, 0.3) is 0 Å². The van der Waals surface area contributed by atoms with Gasteiger partial charge in [0.05, 0.1) is 6.04 Å². The Kier molecular flexibility index (Phi) is 5.35. The molecule has 1 N–H and O–H groups in total. The summed E-state index contributed by atoms with van der Waals surface area (Å²) in [6.07, 6.45) is 1.68. The molecule has 106 valence electrons. The number of benzene rings is 1. The topological polar surface area (TPSA) is 52.9 Å². The normalized spacial score (nSPS) is 13.5. The number of allylic oxidation sites excluding steroid dienone is 1. The molecule has 1 unspecified atom stereocenters. The summed E-state index contributed by atoms with van der Waals surface area (Å²) < 4.78 is 0. The molecule has 0 aromatic heterocycles. The maximum absolute atomic E-state index is 12.1. The average molecular weight is 291 g/mol. The number of amides is 1. The number of nitriles is 1. The number of carbonyl (C=O) groups excluding carboxylic acids is 1.